The fourth-order valence-electron chi connectivity index (χ4n) is 0.250. The molecule has 0 fully saturated rings. The Morgan fingerprint density at radius 2 is 1.43 bits per heavy atom. The van der Waals surface area contributed by atoms with Gasteiger partial charge in [-0.25, -0.2) is 20.2 Å². The van der Waals surface area contributed by atoms with E-state index in [1.807, 2.05) is 0 Å². The van der Waals surface area contributed by atoms with Gasteiger partial charge in [0.25, 0.3) is 0 Å². The van der Waals surface area contributed by atoms with Crippen molar-refractivity contribution in [3.8, 4) is 0 Å². The van der Waals surface area contributed by atoms with Gasteiger partial charge in [0.05, 0.1) is 0 Å². The lowest BCUT2D eigenvalue weighted by Crippen LogP contribution is -2.40. The zero-order chi connectivity index (χ0) is 11.0. The number of hydroxylamine groups is 2. The molecule has 0 unspecified atom stereocenters. The van der Waals surface area contributed by atoms with Gasteiger partial charge in [-0.1, -0.05) is 0 Å². The summed E-state index contributed by atoms with van der Waals surface area (Å²) in [6, 6.07) is 0. The Morgan fingerprint density at radius 3 is 1.93 bits per heavy atom. The summed E-state index contributed by atoms with van der Waals surface area (Å²) in [5.41, 5.74) is 4.41. The maximum absolute atomic E-state index is 10.5. The fraction of sp³-hybridized carbons (Fsp3) is 0. The van der Waals surface area contributed by atoms with Crippen molar-refractivity contribution in [3.63, 3.8) is 0 Å². The van der Waals surface area contributed by atoms with Crippen LogP contribution in [0.5, 0.6) is 0 Å². The Balaban J connectivity index is 3.56. The highest BCUT2D eigenvalue weighted by Crippen LogP contribution is 1.75. The molecule has 0 heterocycles. The van der Waals surface area contributed by atoms with Gasteiger partial charge in [0.15, 0.2) is 0 Å². The number of hydrazine groups is 1. The highest BCUT2D eigenvalue weighted by molar-refractivity contribution is 5.73. The van der Waals surface area contributed by atoms with E-state index < -0.39 is 18.3 Å². The zero-order valence-corrected chi connectivity index (χ0v) is 6.60. The molecular formula is C3H7N5O6. The summed E-state index contributed by atoms with van der Waals surface area (Å²) in [7, 11) is 0. The van der Waals surface area contributed by atoms with Gasteiger partial charge in [0.2, 0.25) is 0 Å². The lowest BCUT2D eigenvalue weighted by molar-refractivity contribution is 0.0300. The van der Waals surface area contributed by atoms with Crippen molar-refractivity contribution in [2.45, 2.75) is 0 Å². The van der Waals surface area contributed by atoms with Gasteiger partial charge in [-0.05, 0) is 0 Å². The molecule has 3 amide bonds. The summed E-state index contributed by atoms with van der Waals surface area (Å²) < 4.78 is 0. The van der Waals surface area contributed by atoms with Crippen LogP contribution in [-0.4, -0.2) is 18.3 Å². The van der Waals surface area contributed by atoms with Gasteiger partial charge in [0, 0.05) is 0 Å². The first-order valence-corrected chi connectivity index (χ1v) is 2.91. The molecule has 0 aromatic carbocycles. The second kappa shape index (κ2) is 6.27. The van der Waals surface area contributed by atoms with Crippen LogP contribution >= 0.6 is 0 Å². The third kappa shape index (κ3) is 5.39. The van der Waals surface area contributed by atoms with Crippen LogP contribution in [0, 0.1) is 0 Å². The van der Waals surface area contributed by atoms with Crippen LogP contribution in [0.25, 0.3) is 0 Å². The van der Waals surface area contributed by atoms with E-state index in [1.54, 1.807) is 0 Å². The molecular weight excluding hydrogens is 202 g/mol. The second-order valence-electron chi connectivity index (χ2n) is 1.53. The van der Waals surface area contributed by atoms with Crippen molar-refractivity contribution >= 4 is 18.3 Å². The predicted molar refractivity (Wildman–Crippen MR) is 37.2 cm³/mol. The molecule has 80 valence electrons. The van der Waals surface area contributed by atoms with Crippen molar-refractivity contribution in [2.24, 2.45) is 11.7 Å². The average Bonchev–Trinajstić information content (AvgIpc) is 2.22. The molecule has 11 heteroatoms. The van der Waals surface area contributed by atoms with Crippen molar-refractivity contribution in [3.05, 3.63) is 0 Å². The molecule has 0 radical (unpaired) electrons. The number of hydrogen-bond donors (Lipinski definition) is 5. The Hall–Kier alpha value is -2.27. The SMILES string of the molecule is NNC(=O)ONC(=O)ONC(=O)ON. The number of hydrogen-bond acceptors (Lipinski definition) is 8. The van der Waals surface area contributed by atoms with Crippen molar-refractivity contribution in [1.29, 1.82) is 0 Å². The number of nitrogens with two attached hydrogens (primary N) is 2. The van der Waals surface area contributed by atoms with Crippen LogP contribution in [0.2, 0.25) is 0 Å². The number of rotatable bonds is 0. The van der Waals surface area contributed by atoms with Crippen LogP contribution in [0.15, 0.2) is 0 Å². The molecule has 0 rings (SSSR count). The van der Waals surface area contributed by atoms with Gasteiger partial charge in [-0.2, -0.15) is 5.90 Å². The highest BCUT2D eigenvalue weighted by Gasteiger charge is 2.08. The quantitative estimate of drug-likeness (QED) is 0.169. The molecule has 0 aliphatic rings. The molecule has 0 aromatic heterocycles. The molecule has 0 atom stereocenters. The molecule has 0 saturated carbocycles. The number of amides is 3. The monoisotopic (exact) mass is 209 g/mol. The lowest BCUT2D eigenvalue weighted by Gasteiger charge is -2.04. The summed E-state index contributed by atoms with van der Waals surface area (Å²) in [4.78, 5) is 42.3. The van der Waals surface area contributed by atoms with Gasteiger partial charge < -0.3 is 14.5 Å². The first-order chi connectivity index (χ1) is 6.60. The Bertz CT molecular complexity index is 208. The van der Waals surface area contributed by atoms with Gasteiger partial charge >= 0.3 is 18.3 Å². The van der Waals surface area contributed by atoms with Gasteiger partial charge in [-0.15, -0.1) is 11.0 Å². The molecule has 11 nitrogen and oxygen atoms in total. The Morgan fingerprint density at radius 1 is 0.929 bits per heavy atom. The van der Waals surface area contributed by atoms with E-state index in [0.29, 0.717) is 0 Å². The molecule has 14 heavy (non-hydrogen) atoms. The Kier molecular flexibility index (Phi) is 5.25. The largest absolute Gasteiger partial charge is 0.465 e. The maximum atomic E-state index is 10.5. The highest BCUT2D eigenvalue weighted by atomic mass is 16.8. The van der Waals surface area contributed by atoms with Gasteiger partial charge in [-0.3, -0.25) is 5.43 Å². The topological polar surface area (TPSA) is 167 Å². The van der Waals surface area contributed by atoms with Crippen molar-refractivity contribution < 1.29 is 28.9 Å². The van der Waals surface area contributed by atoms with E-state index in [0.717, 1.165) is 0 Å². The molecule has 0 aliphatic heterocycles. The third-order valence-electron chi connectivity index (χ3n) is 0.679. The maximum Gasteiger partial charge on any atom is 0.465 e. The Labute approximate surface area is 76.5 Å². The van der Waals surface area contributed by atoms with E-state index in [4.69, 9.17) is 0 Å². The second-order valence-corrected chi connectivity index (χ2v) is 1.53. The summed E-state index contributed by atoms with van der Waals surface area (Å²) in [6.45, 7) is 0. The van der Waals surface area contributed by atoms with E-state index in [9.17, 15) is 14.4 Å². The number of nitrogens with one attached hydrogen (secondary N) is 3. The minimum Gasteiger partial charge on any atom is -0.355 e. The standard InChI is InChI=1S/C3H7N5O6/c4-6-1(9)13-8-3(11)14-7-2(10)12-5/h4-5H2,(H,6,9)(H,7,10)(H,8,11). The fourth-order valence-corrected chi connectivity index (χ4v) is 0.250. The number of carbonyl (C=O) groups is 3. The van der Waals surface area contributed by atoms with E-state index in [2.05, 4.69) is 26.3 Å². The zero-order valence-electron chi connectivity index (χ0n) is 6.60. The average molecular weight is 209 g/mol. The lowest BCUT2D eigenvalue weighted by atomic mass is 11.2. The van der Waals surface area contributed by atoms with Crippen LogP contribution in [0.1, 0.15) is 0 Å². The van der Waals surface area contributed by atoms with Crippen molar-refractivity contribution in [1.82, 2.24) is 16.4 Å². The normalized spacial score (nSPS) is 8.14. The minimum atomic E-state index is -1.29. The first-order valence-electron chi connectivity index (χ1n) is 2.91. The first kappa shape index (κ1) is 11.7. The molecule has 0 spiro atoms. The van der Waals surface area contributed by atoms with Crippen LogP contribution < -0.4 is 28.1 Å². The molecule has 0 bridgehead atoms. The molecule has 0 saturated heterocycles. The van der Waals surface area contributed by atoms with E-state index >= 15 is 0 Å². The smallest absolute Gasteiger partial charge is 0.355 e. The minimum absolute atomic E-state index is 1.14. The number of carbonyl (C=O) groups excluding carboxylic acids is 3. The summed E-state index contributed by atoms with van der Waals surface area (Å²) in [5.74, 6) is 8.95. The molecule has 0 aliphatic carbocycles. The molecule has 0 aromatic rings. The predicted octanol–water partition coefficient (Wildman–Crippen LogP) is -2.26. The summed E-state index contributed by atoms with van der Waals surface area (Å²) in [5, 5.41) is 0. The summed E-state index contributed by atoms with van der Waals surface area (Å²) >= 11 is 0. The van der Waals surface area contributed by atoms with Gasteiger partial charge in [0.1, 0.15) is 0 Å². The summed E-state index contributed by atoms with van der Waals surface area (Å²) in [6.07, 6.45) is -3.65. The van der Waals surface area contributed by atoms with Crippen LogP contribution in [-0.2, 0) is 14.5 Å². The molecule has 7 N–H and O–H groups in total. The van der Waals surface area contributed by atoms with Crippen LogP contribution in [0.4, 0.5) is 14.4 Å². The van der Waals surface area contributed by atoms with E-state index in [-0.39, 0.29) is 0 Å². The van der Waals surface area contributed by atoms with Crippen molar-refractivity contribution in [2.75, 3.05) is 0 Å². The van der Waals surface area contributed by atoms with Crippen LogP contribution in [0.3, 0.4) is 0 Å². The van der Waals surface area contributed by atoms with E-state index in [1.165, 1.54) is 16.4 Å². The third-order valence-corrected chi connectivity index (χ3v) is 0.679.